The van der Waals surface area contributed by atoms with Gasteiger partial charge in [0, 0.05) is 21.8 Å². The number of alkyl halides is 2. The molecule has 0 saturated carbocycles. The van der Waals surface area contributed by atoms with E-state index < -0.39 is 34.3 Å². The monoisotopic (exact) mass is 534 g/mol. The van der Waals surface area contributed by atoms with Gasteiger partial charge in [0.15, 0.2) is 12.4 Å². The standard InChI is InChI=1S/C24H20F2N2O6S2/c1-15(29)16-4-12-21(13-5-16)36(32,33)28-19-6-2-17(3-7-19)23(31)34-14-22(30)27-18-8-10-20(11-9-18)35-24(25)26/h2-13,24,28H,14H2,1H3,(H,27,30). The fraction of sp³-hybridized carbons (Fsp3) is 0.125. The number of esters is 1. The summed E-state index contributed by atoms with van der Waals surface area (Å²) in [6.45, 7) is 0.788. The van der Waals surface area contributed by atoms with Gasteiger partial charge in [-0.1, -0.05) is 23.9 Å². The summed E-state index contributed by atoms with van der Waals surface area (Å²) in [5, 5.41) is 2.48. The number of rotatable bonds is 10. The molecule has 0 aromatic heterocycles. The van der Waals surface area contributed by atoms with E-state index in [0.717, 1.165) is 0 Å². The molecule has 0 bridgehead atoms. The number of halogens is 2. The van der Waals surface area contributed by atoms with E-state index in [1.807, 2.05) is 0 Å². The van der Waals surface area contributed by atoms with Crippen LogP contribution in [0.2, 0.25) is 0 Å². The highest BCUT2D eigenvalue weighted by Gasteiger charge is 2.16. The highest BCUT2D eigenvalue weighted by Crippen LogP contribution is 2.26. The molecule has 0 spiro atoms. The second kappa shape index (κ2) is 11.8. The molecule has 3 aromatic rings. The van der Waals surface area contributed by atoms with Crippen molar-refractivity contribution < 1.29 is 36.3 Å². The van der Waals surface area contributed by atoms with Crippen LogP contribution >= 0.6 is 11.8 Å². The Morgan fingerprint density at radius 3 is 1.97 bits per heavy atom. The lowest BCUT2D eigenvalue weighted by Crippen LogP contribution is -2.21. The molecule has 36 heavy (non-hydrogen) atoms. The zero-order chi connectivity index (χ0) is 26.3. The summed E-state index contributed by atoms with van der Waals surface area (Å²) in [6.07, 6.45) is 0. The maximum atomic E-state index is 12.5. The smallest absolute Gasteiger partial charge is 0.338 e. The van der Waals surface area contributed by atoms with Gasteiger partial charge in [0.25, 0.3) is 21.7 Å². The predicted molar refractivity (Wildman–Crippen MR) is 131 cm³/mol. The molecular weight excluding hydrogens is 514 g/mol. The molecule has 188 valence electrons. The molecule has 3 aromatic carbocycles. The summed E-state index contributed by atoms with van der Waals surface area (Å²) < 4.78 is 57.1. The Hall–Kier alpha value is -3.77. The van der Waals surface area contributed by atoms with Crippen molar-refractivity contribution in [2.45, 2.75) is 22.5 Å². The highest BCUT2D eigenvalue weighted by atomic mass is 32.2. The fourth-order valence-corrected chi connectivity index (χ4v) is 4.45. The van der Waals surface area contributed by atoms with Gasteiger partial charge in [-0.3, -0.25) is 14.3 Å². The first-order chi connectivity index (χ1) is 17.0. The second-order valence-corrected chi connectivity index (χ2v) is 10.0. The Morgan fingerprint density at radius 1 is 0.861 bits per heavy atom. The number of sulfonamides is 1. The Labute approximate surface area is 210 Å². The van der Waals surface area contributed by atoms with Gasteiger partial charge >= 0.3 is 5.97 Å². The van der Waals surface area contributed by atoms with E-state index in [2.05, 4.69) is 10.0 Å². The minimum Gasteiger partial charge on any atom is -0.452 e. The zero-order valence-corrected chi connectivity index (χ0v) is 20.4. The number of thioether (sulfide) groups is 1. The predicted octanol–water partition coefficient (Wildman–Crippen LogP) is 4.80. The van der Waals surface area contributed by atoms with Crippen LogP contribution in [0.25, 0.3) is 0 Å². The molecular formula is C24H20F2N2O6S2. The van der Waals surface area contributed by atoms with E-state index >= 15 is 0 Å². The molecule has 8 nitrogen and oxygen atoms in total. The maximum Gasteiger partial charge on any atom is 0.338 e. The largest absolute Gasteiger partial charge is 0.452 e. The Morgan fingerprint density at radius 2 is 1.42 bits per heavy atom. The van der Waals surface area contributed by atoms with E-state index in [-0.39, 0.29) is 21.9 Å². The summed E-state index contributed by atoms with van der Waals surface area (Å²) in [5.41, 5.74) is 1.01. The Bertz CT molecular complexity index is 1340. The minimum absolute atomic E-state index is 0.0376. The maximum absolute atomic E-state index is 12.5. The van der Waals surface area contributed by atoms with Crippen LogP contribution in [0, 0.1) is 0 Å². The van der Waals surface area contributed by atoms with Crippen LogP contribution < -0.4 is 10.0 Å². The molecule has 0 atom stereocenters. The number of carbonyl (C=O) groups excluding carboxylic acids is 3. The van der Waals surface area contributed by atoms with Crippen molar-refractivity contribution in [1.29, 1.82) is 0 Å². The average molecular weight is 535 g/mol. The first kappa shape index (κ1) is 26.8. The number of carbonyl (C=O) groups is 3. The quantitative estimate of drug-likeness (QED) is 0.218. The summed E-state index contributed by atoms with van der Waals surface area (Å²) in [6, 6.07) is 16.6. The van der Waals surface area contributed by atoms with Crippen LogP contribution in [0.5, 0.6) is 0 Å². The molecule has 1 amide bonds. The van der Waals surface area contributed by atoms with Gasteiger partial charge in [0.05, 0.1) is 10.5 Å². The van der Waals surface area contributed by atoms with Crippen molar-refractivity contribution in [3.05, 3.63) is 83.9 Å². The van der Waals surface area contributed by atoms with Gasteiger partial charge < -0.3 is 10.1 Å². The van der Waals surface area contributed by atoms with Crippen LogP contribution in [0.3, 0.4) is 0 Å². The number of benzene rings is 3. The topological polar surface area (TPSA) is 119 Å². The van der Waals surface area contributed by atoms with Crippen LogP contribution in [0.4, 0.5) is 20.2 Å². The zero-order valence-electron chi connectivity index (χ0n) is 18.7. The molecule has 0 aliphatic carbocycles. The van der Waals surface area contributed by atoms with Crippen LogP contribution in [-0.4, -0.2) is 38.4 Å². The van der Waals surface area contributed by atoms with E-state index in [1.165, 1.54) is 79.7 Å². The molecule has 3 rings (SSSR count). The lowest BCUT2D eigenvalue weighted by molar-refractivity contribution is -0.119. The number of Topliss-reactive ketones (excluding diaryl/α,β-unsaturated/α-hetero) is 1. The van der Waals surface area contributed by atoms with Gasteiger partial charge in [0.2, 0.25) is 0 Å². The Kier molecular flexibility index (Phi) is 8.78. The van der Waals surface area contributed by atoms with E-state index in [0.29, 0.717) is 27.9 Å². The fourth-order valence-electron chi connectivity index (χ4n) is 2.89. The molecule has 0 radical (unpaired) electrons. The molecule has 0 heterocycles. The summed E-state index contributed by atoms with van der Waals surface area (Å²) in [7, 11) is -3.92. The lowest BCUT2D eigenvalue weighted by Gasteiger charge is -2.10. The molecule has 0 aliphatic heterocycles. The van der Waals surface area contributed by atoms with Gasteiger partial charge in [-0.2, -0.15) is 8.78 Å². The van der Waals surface area contributed by atoms with Crippen molar-refractivity contribution in [2.24, 2.45) is 0 Å². The van der Waals surface area contributed by atoms with Crippen molar-refractivity contribution in [3.8, 4) is 0 Å². The number of ether oxygens (including phenoxy) is 1. The lowest BCUT2D eigenvalue weighted by atomic mass is 10.2. The van der Waals surface area contributed by atoms with E-state index in [4.69, 9.17) is 4.74 Å². The van der Waals surface area contributed by atoms with Crippen molar-refractivity contribution in [2.75, 3.05) is 16.6 Å². The van der Waals surface area contributed by atoms with Gasteiger partial charge in [-0.25, -0.2) is 13.2 Å². The van der Waals surface area contributed by atoms with Crippen LogP contribution in [0.15, 0.2) is 82.6 Å². The summed E-state index contributed by atoms with van der Waals surface area (Å²) in [5.74, 6) is -4.17. The molecule has 2 N–H and O–H groups in total. The van der Waals surface area contributed by atoms with E-state index in [1.54, 1.807) is 0 Å². The third-order valence-electron chi connectivity index (χ3n) is 4.64. The number of nitrogens with one attached hydrogen (secondary N) is 2. The van der Waals surface area contributed by atoms with Crippen molar-refractivity contribution in [1.82, 2.24) is 0 Å². The number of hydrogen-bond acceptors (Lipinski definition) is 7. The molecule has 0 aliphatic rings. The first-order valence-corrected chi connectivity index (χ1v) is 12.7. The SMILES string of the molecule is CC(=O)c1ccc(S(=O)(=O)Nc2ccc(C(=O)OCC(=O)Nc3ccc(SC(F)F)cc3)cc2)cc1. The number of anilines is 2. The van der Waals surface area contributed by atoms with Gasteiger partial charge in [-0.15, -0.1) is 0 Å². The number of hydrogen-bond donors (Lipinski definition) is 2. The molecule has 0 saturated heterocycles. The number of ketones is 1. The first-order valence-electron chi connectivity index (χ1n) is 10.3. The third kappa shape index (κ3) is 7.62. The van der Waals surface area contributed by atoms with Gasteiger partial charge in [-0.05, 0) is 67.6 Å². The van der Waals surface area contributed by atoms with Crippen LogP contribution in [-0.2, 0) is 19.6 Å². The third-order valence-corrected chi connectivity index (χ3v) is 6.76. The molecule has 12 heteroatoms. The Balaban J connectivity index is 1.52. The summed E-state index contributed by atoms with van der Waals surface area (Å²) >= 11 is 0.377. The minimum atomic E-state index is -3.92. The van der Waals surface area contributed by atoms with Crippen molar-refractivity contribution >= 4 is 50.8 Å². The summed E-state index contributed by atoms with van der Waals surface area (Å²) in [4.78, 5) is 35.9. The molecule has 0 fully saturated rings. The van der Waals surface area contributed by atoms with E-state index in [9.17, 15) is 31.6 Å². The van der Waals surface area contributed by atoms with Gasteiger partial charge in [0.1, 0.15) is 0 Å². The highest BCUT2D eigenvalue weighted by molar-refractivity contribution is 7.99. The van der Waals surface area contributed by atoms with Crippen molar-refractivity contribution in [3.63, 3.8) is 0 Å². The average Bonchev–Trinajstić information content (AvgIpc) is 2.84. The second-order valence-electron chi connectivity index (χ2n) is 7.29. The number of amides is 1. The van der Waals surface area contributed by atoms with Crippen LogP contribution in [0.1, 0.15) is 27.6 Å². The molecule has 0 unspecified atom stereocenters. The normalized spacial score (nSPS) is 11.1.